The monoisotopic (exact) mass is 237 g/mol. The van der Waals surface area contributed by atoms with Crippen molar-refractivity contribution in [2.24, 2.45) is 0 Å². The number of aromatic nitrogens is 1. The minimum Gasteiger partial charge on any atom is -0.404 e. The molecule has 18 heavy (non-hydrogen) atoms. The van der Waals surface area contributed by atoms with E-state index in [1.165, 1.54) is 12.1 Å². The van der Waals surface area contributed by atoms with E-state index in [4.69, 9.17) is 10.00 Å². The second kappa shape index (κ2) is 5.11. The van der Waals surface area contributed by atoms with E-state index in [0.717, 1.165) is 5.56 Å². The highest BCUT2D eigenvalue weighted by molar-refractivity contribution is 5.90. The Bertz CT molecular complexity index is 595. The highest BCUT2D eigenvalue weighted by Gasteiger charge is 2.08. The molecular weight excluding hydrogens is 228 g/mol. The van der Waals surface area contributed by atoms with Crippen LogP contribution in [-0.4, -0.2) is 11.0 Å². The number of benzene rings is 1. The predicted molar refractivity (Wildman–Crippen MR) is 63.9 cm³/mol. The molecule has 0 aliphatic heterocycles. The summed E-state index contributed by atoms with van der Waals surface area (Å²) in [6, 6.07) is 11.9. The minimum absolute atomic E-state index is 0.125. The third-order valence-corrected chi connectivity index (χ3v) is 2.28. The molecule has 0 bridgehead atoms. The van der Waals surface area contributed by atoms with Gasteiger partial charge in [0.15, 0.2) is 0 Å². The molecule has 87 valence electrons. The van der Waals surface area contributed by atoms with E-state index in [9.17, 15) is 4.79 Å². The number of nitriles is 1. The smallest absolute Gasteiger partial charge is 0.344 e. The van der Waals surface area contributed by atoms with E-state index in [1.807, 2.05) is 25.1 Å². The standard InChI is InChI=1S/C14H9N2O2/c1-10-2-5-12(6-3-10)14(17)18-13-7-4-11(8-15)9-16-13/h2-7H,1H3. The van der Waals surface area contributed by atoms with Crippen LogP contribution in [0.1, 0.15) is 21.5 Å². The van der Waals surface area contributed by atoms with Crippen molar-refractivity contribution in [3.8, 4) is 11.9 Å². The van der Waals surface area contributed by atoms with E-state index in [1.54, 1.807) is 12.1 Å². The zero-order valence-electron chi connectivity index (χ0n) is 9.68. The number of pyridine rings is 1. The van der Waals surface area contributed by atoms with Gasteiger partial charge in [0.05, 0.1) is 11.1 Å². The molecule has 2 aromatic rings. The molecule has 4 heteroatoms. The van der Waals surface area contributed by atoms with Crippen molar-refractivity contribution in [1.29, 1.82) is 5.26 Å². The largest absolute Gasteiger partial charge is 0.404 e. The lowest BCUT2D eigenvalue weighted by Gasteiger charge is -2.03. The first-order valence-corrected chi connectivity index (χ1v) is 5.27. The van der Waals surface area contributed by atoms with Crippen LogP contribution in [0.15, 0.2) is 36.4 Å². The fourth-order valence-corrected chi connectivity index (χ4v) is 1.31. The summed E-state index contributed by atoms with van der Waals surface area (Å²) in [6.45, 7) is 1.94. The van der Waals surface area contributed by atoms with Crippen molar-refractivity contribution in [2.75, 3.05) is 0 Å². The maximum Gasteiger partial charge on any atom is 0.344 e. The maximum absolute atomic E-state index is 11.7. The van der Waals surface area contributed by atoms with Gasteiger partial charge in [0.1, 0.15) is 12.3 Å². The van der Waals surface area contributed by atoms with Gasteiger partial charge in [-0.25, -0.2) is 9.78 Å². The molecule has 0 saturated carbocycles. The summed E-state index contributed by atoms with van der Waals surface area (Å²) in [5, 5.41) is 8.59. The van der Waals surface area contributed by atoms with Crippen molar-refractivity contribution in [3.05, 3.63) is 59.3 Å². The molecule has 0 amide bonds. The number of aryl methyl sites for hydroxylation is 1. The molecule has 1 aromatic heterocycles. The first-order chi connectivity index (χ1) is 8.69. The van der Waals surface area contributed by atoms with Gasteiger partial charge in [0.25, 0.3) is 0 Å². The molecule has 0 N–H and O–H groups in total. The molecule has 2 rings (SSSR count). The Morgan fingerprint density at radius 3 is 2.56 bits per heavy atom. The summed E-state index contributed by atoms with van der Waals surface area (Å²) < 4.78 is 5.05. The van der Waals surface area contributed by atoms with Gasteiger partial charge in [-0.2, -0.15) is 5.26 Å². The second-order valence-electron chi connectivity index (χ2n) is 3.68. The molecule has 0 atom stereocenters. The summed E-state index contributed by atoms with van der Waals surface area (Å²) in [7, 11) is 0. The van der Waals surface area contributed by atoms with Crippen LogP contribution in [0.4, 0.5) is 0 Å². The van der Waals surface area contributed by atoms with E-state index in [2.05, 4.69) is 11.2 Å². The van der Waals surface area contributed by atoms with E-state index in [0.29, 0.717) is 11.1 Å². The van der Waals surface area contributed by atoms with Crippen molar-refractivity contribution >= 4 is 5.97 Å². The fourth-order valence-electron chi connectivity index (χ4n) is 1.31. The van der Waals surface area contributed by atoms with Gasteiger partial charge in [0.2, 0.25) is 5.88 Å². The SMILES string of the molecule is Cc1ccc(C(=O)Oc2ccc(C#N)[c]n2)cc1. The lowest BCUT2D eigenvalue weighted by atomic mass is 10.1. The topological polar surface area (TPSA) is 63.0 Å². The molecule has 0 unspecified atom stereocenters. The van der Waals surface area contributed by atoms with Crippen molar-refractivity contribution < 1.29 is 9.53 Å². The number of carbonyl (C=O) groups excluding carboxylic acids is 1. The molecule has 0 spiro atoms. The number of hydrogen-bond donors (Lipinski definition) is 0. The van der Waals surface area contributed by atoms with Crippen LogP contribution in [0.5, 0.6) is 5.88 Å². The van der Waals surface area contributed by atoms with Crippen molar-refractivity contribution in [1.82, 2.24) is 4.98 Å². The molecule has 1 heterocycles. The Balaban J connectivity index is 2.11. The van der Waals surface area contributed by atoms with Crippen LogP contribution in [0, 0.1) is 24.5 Å². The Morgan fingerprint density at radius 2 is 2.00 bits per heavy atom. The Morgan fingerprint density at radius 1 is 1.28 bits per heavy atom. The van der Waals surface area contributed by atoms with Crippen molar-refractivity contribution in [3.63, 3.8) is 0 Å². The molecule has 4 nitrogen and oxygen atoms in total. The van der Waals surface area contributed by atoms with Gasteiger partial charge in [-0.3, -0.25) is 0 Å². The summed E-state index contributed by atoms with van der Waals surface area (Å²) in [6.07, 6.45) is 2.46. The summed E-state index contributed by atoms with van der Waals surface area (Å²) in [5.74, 6) is -0.361. The third kappa shape index (κ3) is 2.71. The van der Waals surface area contributed by atoms with E-state index < -0.39 is 5.97 Å². The minimum atomic E-state index is -0.486. The molecular formula is C14H9N2O2. The lowest BCUT2D eigenvalue weighted by Crippen LogP contribution is -2.09. The zero-order chi connectivity index (χ0) is 13.0. The molecule has 1 radical (unpaired) electrons. The number of esters is 1. The molecule has 0 saturated heterocycles. The average molecular weight is 237 g/mol. The van der Waals surface area contributed by atoms with Crippen LogP contribution in [0.2, 0.25) is 0 Å². The first-order valence-electron chi connectivity index (χ1n) is 5.27. The zero-order valence-corrected chi connectivity index (χ0v) is 9.68. The van der Waals surface area contributed by atoms with Crippen LogP contribution >= 0.6 is 0 Å². The van der Waals surface area contributed by atoms with Crippen LogP contribution in [-0.2, 0) is 0 Å². The third-order valence-electron chi connectivity index (χ3n) is 2.28. The van der Waals surface area contributed by atoms with Gasteiger partial charge in [0, 0.05) is 6.07 Å². The normalized spacial score (nSPS) is 9.56. The number of rotatable bonds is 2. The number of nitrogens with zero attached hydrogens (tertiary/aromatic N) is 2. The van der Waals surface area contributed by atoms with Crippen LogP contribution < -0.4 is 4.74 Å². The van der Waals surface area contributed by atoms with Gasteiger partial charge < -0.3 is 4.74 Å². The van der Waals surface area contributed by atoms with Gasteiger partial charge in [-0.1, -0.05) is 17.7 Å². The number of carbonyl (C=O) groups is 1. The molecule has 0 aliphatic rings. The summed E-state index contributed by atoms with van der Waals surface area (Å²) in [5.41, 5.74) is 1.81. The Labute approximate surface area is 104 Å². The van der Waals surface area contributed by atoms with Gasteiger partial charge in [-0.15, -0.1) is 0 Å². The lowest BCUT2D eigenvalue weighted by molar-refractivity contribution is 0.0727. The van der Waals surface area contributed by atoms with Crippen LogP contribution in [0.3, 0.4) is 0 Å². The van der Waals surface area contributed by atoms with E-state index in [-0.39, 0.29) is 5.88 Å². The van der Waals surface area contributed by atoms with E-state index >= 15 is 0 Å². The van der Waals surface area contributed by atoms with Crippen molar-refractivity contribution in [2.45, 2.75) is 6.92 Å². The fraction of sp³-hybridized carbons (Fsp3) is 0.0714. The quantitative estimate of drug-likeness (QED) is 0.752. The molecule has 1 aromatic carbocycles. The Kier molecular flexibility index (Phi) is 3.35. The molecule has 0 aliphatic carbocycles. The summed E-state index contributed by atoms with van der Waals surface area (Å²) >= 11 is 0. The second-order valence-corrected chi connectivity index (χ2v) is 3.68. The maximum atomic E-state index is 11.7. The summed E-state index contributed by atoms with van der Waals surface area (Å²) in [4.78, 5) is 15.5. The number of ether oxygens (including phenoxy) is 1. The molecule has 0 fully saturated rings. The number of hydrogen-bond acceptors (Lipinski definition) is 4. The van der Waals surface area contributed by atoms with Gasteiger partial charge in [-0.05, 0) is 25.1 Å². The average Bonchev–Trinajstić information content (AvgIpc) is 2.40. The Hall–Kier alpha value is -2.67. The highest BCUT2D eigenvalue weighted by atomic mass is 16.5. The first kappa shape index (κ1) is 11.8. The van der Waals surface area contributed by atoms with Crippen LogP contribution in [0.25, 0.3) is 0 Å². The highest BCUT2D eigenvalue weighted by Crippen LogP contribution is 2.10. The predicted octanol–water partition coefficient (Wildman–Crippen LogP) is 2.28. The van der Waals surface area contributed by atoms with Gasteiger partial charge >= 0.3 is 5.97 Å².